The van der Waals surface area contributed by atoms with Crippen molar-refractivity contribution in [3.8, 4) is 12.0 Å². The summed E-state index contributed by atoms with van der Waals surface area (Å²) in [6.45, 7) is 0. The third kappa shape index (κ3) is 2.79. The van der Waals surface area contributed by atoms with Crippen molar-refractivity contribution in [3.63, 3.8) is 0 Å². The number of rotatable bonds is 4. The Hall–Kier alpha value is -2.76. The van der Waals surface area contributed by atoms with Gasteiger partial charge in [-0.05, 0) is 12.8 Å². The van der Waals surface area contributed by atoms with Gasteiger partial charge in [0.15, 0.2) is 0 Å². The van der Waals surface area contributed by atoms with E-state index in [1.54, 1.807) is 7.05 Å². The molecule has 0 radical (unpaired) electrons. The van der Waals surface area contributed by atoms with Gasteiger partial charge >= 0.3 is 0 Å². The number of hydrogen-bond acceptors (Lipinski definition) is 8. The van der Waals surface area contributed by atoms with Gasteiger partial charge in [-0.3, -0.25) is 0 Å². The number of anilines is 2. The predicted octanol–water partition coefficient (Wildman–Crippen LogP) is 1.16. The lowest BCUT2D eigenvalue weighted by molar-refractivity contribution is 0.350. The molecule has 9 nitrogen and oxygen atoms in total. The first kappa shape index (κ1) is 15.1. The smallest absolute Gasteiger partial charge is 0.258 e. The fourth-order valence-corrected chi connectivity index (χ4v) is 2.88. The summed E-state index contributed by atoms with van der Waals surface area (Å²) in [5.74, 6) is 1.25. The summed E-state index contributed by atoms with van der Waals surface area (Å²) in [5, 5.41) is 16.7. The maximum Gasteiger partial charge on any atom is 0.258 e. The Morgan fingerprint density at radius 1 is 1.26 bits per heavy atom. The molecule has 0 spiro atoms. The molecule has 3 rings (SSSR count). The molecule has 0 amide bonds. The lowest BCUT2D eigenvalue weighted by Crippen LogP contribution is -2.48. The van der Waals surface area contributed by atoms with Gasteiger partial charge in [0, 0.05) is 14.1 Å². The Labute approximate surface area is 134 Å². The van der Waals surface area contributed by atoms with E-state index in [1.807, 2.05) is 11.9 Å². The maximum absolute atomic E-state index is 9.75. The Kier molecular flexibility index (Phi) is 4.06. The first-order valence-electron chi connectivity index (χ1n) is 7.62. The number of nitrogens with zero attached hydrogens (tertiary/aromatic N) is 8. The van der Waals surface area contributed by atoms with E-state index in [-0.39, 0.29) is 0 Å². The van der Waals surface area contributed by atoms with Gasteiger partial charge in [-0.1, -0.05) is 19.3 Å². The highest BCUT2D eigenvalue weighted by Crippen LogP contribution is 2.34. The van der Waals surface area contributed by atoms with Crippen LogP contribution in [0.15, 0.2) is 12.7 Å². The molecule has 9 heteroatoms. The minimum Gasteiger partial charge on any atom is -0.357 e. The number of aromatic nitrogens is 6. The van der Waals surface area contributed by atoms with Crippen LogP contribution in [-0.4, -0.2) is 49.4 Å². The fraction of sp³-hybridized carbons (Fsp3) is 0.571. The third-order valence-electron chi connectivity index (χ3n) is 4.29. The monoisotopic (exact) mass is 313 g/mol. The van der Waals surface area contributed by atoms with Crippen molar-refractivity contribution < 1.29 is 0 Å². The normalized spacial score (nSPS) is 16.6. The SMILES string of the molecule is CNc1nc(N(C)C2(C#N)CCCCC2)nc(-n2cncn2)n1. The molecule has 23 heavy (non-hydrogen) atoms. The summed E-state index contributed by atoms with van der Waals surface area (Å²) in [7, 11) is 3.61. The molecule has 0 unspecified atom stereocenters. The molecule has 2 heterocycles. The van der Waals surface area contributed by atoms with E-state index >= 15 is 0 Å². The Morgan fingerprint density at radius 3 is 2.65 bits per heavy atom. The number of nitriles is 1. The van der Waals surface area contributed by atoms with E-state index in [4.69, 9.17) is 0 Å². The summed E-state index contributed by atoms with van der Waals surface area (Å²) >= 11 is 0. The Bertz CT molecular complexity index is 698. The van der Waals surface area contributed by atoms with Gasteiger partial charge in [-0.15, -0.1) is 0 Å². The topological polar surface area (TPSA) is 108 Å². The zero-order valence-corrected chi connectivity index (χ0v) is 13.3. The summed E-state index contributed by atoms with van der Waals surface area (Å²) in [6.07, 6.45) is 7.83. The first-order valence-corrected chi connectivity index (χ1v) is 7.62. The van der Waals surface area contributed by atoms with Crippen LogP contribution in [0.5, 0.6) is 0 Å². The molecule has 0 saturated heterocycles. The lowest BCUT2D eigenvalue weighted by atomic mass is 9.82. The van der Waals surface area contributed by atoms with E-state index in [2.05, 4.69) is 36.4 Å². The van der Waals surface area contributed by atoms with Crippen LogP contribution in [-0.2, 0) is 0 Å². The van der Waals surface area contributed by atoms with Crippen molar-refractivity contribution in [2.45, 2.75) is 37.6 Å². The molecule has 2 aromatic rings. The molecule has 1 saturated carbocycles. The predicted molar refractivity (Wildman–Crippen MR) is 84.1 cm³/mol. The van der Waals surface area contributed by atoms with Gasteiger partial charge in [0.05, 0.1) is 6.07 Å². The third-order valence-corrected chi connectivity index (χ3v) is 4.29. The minimum atomic E-state index is -0.565. The van der Waals surface area contributed by atoms with E-state index in [9.17, 15) is 5.26 Å². The van der Waals surface area contributed by atoms with Crippen LogP contribution in [0, 0.1) is 11.3 Å². The van der Waals surface area contributed by atoms with Crippen molar-refractivity contribution in [1.82, 2.24) is 29.7 Å². The van der Waals surface area contributed by atoms with Gasteiger partial charge in [-0.2, -0.15) is 30.0 Å². The highest BCUT2D eigenvalue weighted by molar-refractivity contribution is 5.44. The van der Waals surface area contributed by atoms with Gasteiger partial charge in [0.1, 0.15) is 18.2 Å². The highest BCUT2D eigenvalue weighted by atomic mass is 15.4. The molecular weight excluding hydrogens is 294 g/mol. The molecular formula is C14H19N9. The minimum absolute atomic E-state index is 0.368. The van der Waals surface area contributed by atoms with Crippen molar-refractivity contribution in [3.05, 3.63) is 12.7 Å². The second-order valence-electron chi connectivity index (χ2n) is 5.61. The van der Waals surface area contributed by atoms with E-state index in [0.29, 0.717) is 17.8 Å². The molecule has 0 aromatic carbocycles. The van der Waals surface area contributed by atoms with Crippen LogP contribution in [0.4, 0.5) is 11.9 Å². The van der Waals surface area contributed by atoms with Gasteiger partial charge in [0.2, 0.25) is 11.9 Å². The van der Waals surface area contributed by atoms with Crippen LogP contribution in [0.3, 0.4) is 0 Å². The molecule has 0 atom stereocenters. The average Bonchev–Trinajstić information content (AvgIpc) is 3.16. The summed E-state index contributed by atoms with van der Waals surface area (Å²) in [6, 6.07) is 2.48. The van der Waals surface area contributed by atoms with Crippen molar-refractivity contribution in [2.75, 3.05) is 24.3 Å². The fourth-order valence-electron chi connectivity index (χ4n) is 2.88. The van der Waals surface area contributed by atoms with Crippen LogP contribution in [0.1, 0.15) is 32.1 Å². The quantitative estimate of drug-likeness (QED) is 0.895. The summed E-state index contributed by atoms with van der Waals surface area (Å²) in [5.41, 5.74) is -0.565. The highest BCUT2D eigenvalue weighted by Gasteiger charge is 2.38. The Balaban J connectivity index is 2.01. The molecule has 1 aliphatic carbocycles. The molecule has 0 aliphatic heterocycles. The second-order valence-corrected chi connectivity index (χ2v) is 5.61. The summed E-state index contributed by atoms with van der Waals surface area (Å²) < 4.78 is 1.47. The van der Waals surface area contributed by atoms with E-state index in [1.165, 1.54) is 23.8 Å². The van der Waals surface area contributed by atoms with Crippen LogP contribution >= 0.6 is 0 Å². The standard InChI is InChI=1S/C14H19N9/c1-16-11-19-12(21-13(20-11)23-10-17-9-18-23)22(2)14(8-15)6-4-3-5-7-14/h9-10H,3-7H2,1-2H3,(H,16,19,20,21). The maximum atomic E-state index is 9.75. The molecule has 1 N–H and O–H groups in total. The first-order chi connectivity index (χ1) is 11.2. The Morgan fingerprint density at radius 2 is 2.04 bits per heavy atom. The lowest BCUT2D eigenvalue weighted by Gasteiger charge is -2.39. The number of hydrogen-bond donors (Lipinski definition) is 1. The molecule has 0 bridgehead atoms. The largest absolute Gasteiger partial charge is 0.357 e. The number of nitrogens with one attached hydrogen (secondary N) is 1. The van der Waals surface area contributed by atoms with E-state index < -0.39 is 5.54 Å². The van der Waals surface area contributed by atoms with Gasteiger partial charge < -0.3 is 10.2 Å². The molecule has 1 fully saturated rings. The van der Waals surface area contributed by atoms with Crippen molar-refractivity contribution in [1.29, 1.82) is 5.26 Å². The zero-order valence-electron chi connectivity index (χ0n) is 13.3. The summed E-state index contributed by atoms with van der Waals surface area (Å²) in [4.78, 5) is 18.9. The van der Waals surface area contributed by atoms with Crippen LogP contribution in [0.25, 0.3) is 5.95 Å². The van der Waals surface area contributed by atoms with Gasteiger partial charge in [0.25, 0.3) is 5.95 Å². The van der Waals surface area contributed by atoms with Gasteiger partial charge in [-0.25, -0.2) is 4.98 Å². The van der Waals surface area contributed by atoms with E-state index in [0.717, 1.165) is 25.7 Å². The average molecular weight is 313 g/mol. The molecule has 120 valence electrons. The van der Waals surface area contributed by atoms with Crippen LogP contribution < -0.4 is 10.2 Å². The van der Waals surface area contributed by atoms with Crippen molar-refractivity contribution >= 4 is 11.9 Å². The zero-order chi connectivity index (χ0) is 16.3. The second kappa shape index (κ2) is 6.16. The molecule has 1 aliphatic rings. The van der Waals surface area contributed by atoms with Crippen molar-refractivity contribution in [2.24, 2.45) is 0 Å². The molecule has 2 aromatic heterocycles. The van der Waals surface area contributed by atoms with Crippen LogP contribution in [0.2, 0.25) is 0 Å².